The molecule has 1 heterocycles. The van der Waals surface area contributed by atoms with Crippen LogP contribution < -0.4 is 10.1 Å². The molecule has 1 aliphatic rings. The van der Waals surface area contributed by atoms with E-state index in [2.05, 4.69) is 5.32 Å². The summed E-state index contributed by atoms with van der Waals surface area (Å²) in [5.74, 6) is 0.368. The molecule has 0 radical (unpaired) electrons. The largest absolute Gasteiger partial charge is 0.487 e. The van der Waals surface area contributed by atoms with Gasteiger partial charge >= 0.3 is 0 Å². The van der Waals surface area contributed by atoms with Crippen molar-refractivity contribution >= 4 is 23.2 Å². The average molecular weight is 375 g/mol. The summed E-state index contributed by atoms with van der Waals surface area (Å²) in [6.07, 6.45) is 0.597. The number of carbonyl (C=O) groups excluding carboxylic acids is 1. The normalized spacial score (nSPS) is 17.8. The third-order valence-electron chi connectivity index (χ3n) is 4.34. The minimum atomic E-state index is -0.548. The first-order chi connectivity index (χ1) is 12.2. The molecule has 2 aromatic rings. The topological polar surface area (TPSA) is 81.5 Å². The van der Waals surface area contributed by atoms with E-state index in [1.54, 1.807) is 0 Å². The Labute approximate surface area is 156 Å². The standard InChI is InChI=1S/C19H19ClN2O4/c1-11-4-7-17-14(8-11)16(10-19(2,3)26-17)21-18(23)13-6-5-12(22(24)25)9-15(13)20/h4-9,16H,10H2,1-3H3,(H,21,23)/t16-/m0/s1. The van der Waals surface area contributed by atoms with Gasteiger partial charge in [0.05, 0.1) is 21.6 Å². The number of ether oxygens (including phenoxy) is 1. The molecule has 6 nitrogen and oxygen atoms in total. The van der Waals surface area contributed by atoms with E-state index >= 15 is 0 Å². The highest BCUT2D eigenvalue weighted by atomic mass is 35.5. The fraction of sp³-hybridized carbons (Fsp3) is 0.316. The Bertz CT molecular complexity index is 895. The Kier molecular flexibility index (Phi) is 4.63. The molecule has 0 unspecified atom stereocenters. The van der Waals surface area contributed by atoms with Gasteiger partial charge in [0.2, 0.25) is 0 Å². The maximum Gasteiger partial charge on any atom is 0.270 e. The average Bonchev–Trinajstić information content (AvgIpc) is 2.54. The van der Waals surface area contributed by atoms with Crippen molar-refractivity contribution in [3.05, 3.63) is 68.2 Å². The van der Waals surface area contributed by atoms with E-state index in [4.69, 9.17) is 16.3 Å². The molecule has 7 heteroatoms. The Balaban J connectivity index is 1.90. The van der Waals surface area contributed by atoms with Crippen molar-refractivity contribution in [1.82, 2.24) is 5.32 Å². The number of fused-ring (bicyclic) bond motifs is 1. The zero-order valence-corrected chi connectivity index (χ0v) is 15.5. The van der Waals surface area contributed by atoms with Gasteiger partial charge in [0.1, 0.15) is 11.4 Å². The molecule has 3 rings (SSSR count). The van der Waals surface area contributed by atoms with Gasteiger partial charge in [0.25, 0.3) is 11.6 Å². The minimum Gasteiger partial charge on any atom is -0.487 e. The van der Waals surface area contributed by atoms with Gasteiger partial charge < -0.3 is 10.1 Å². The second kappa shape index (κ2) is 6.61. The number of benzene rings is 2. The monoisotopic (exact) mass is 374 g/mol. The highest BCUT2D eigenvalue weighted by Crippen LogP contribution is 2.40. The Hall–Kier alpha value is -2.60. The molecule has 26 heavy (non-hydrogen) atoms. The van der Waals surface area contributed by atoms with Crippen LogP contribution in [0.4, 0.5) is 5.69 Å². The molecule has 0 spiro atoms. The number of carbonyl (C=O) groups is 1. The smallest absolute Gasteiger partial charge is 0.270 e. The van der Waals surface area contributed by atoms with E-state index in [0.717, 1.165) is 16.9 Å². The third kappa shape index (κ3) is 3.65. The van der Waals surface area contributed by atoms with Gasteiger partial charge in [-0.25, -0.2) is 0 Å². The van der Waals surface area contributed by atoms with Gasteiger partial charge in [0, 0.05) is 24.1 Å². The van der Waals surface area contributed by atoms with Crippen LogP contribution in [0.2, 0.25) is 5.02 Å². The van der Waals surface area contributed by atoms with Crippen molar-refractivity contribution in [3.8, 4) is 5.75 Å². The fourth-order valence-electron chi connectivity index (χ4n) is 3.14. The number of rotatable bonds is 3. The lowest BCUT2D eigenvalue weighted by atomic mass is 9.88. The fourth-order valence-corrected chi connectivity index (χ4v) is 3.40. The molecule has 136 valence electrons. The highest BCUT2D eigenvalue weighted by Gasteiger charge is 2.35. The van der Waals surface area contributed by atoms with Crippen LogP contribution in [-0.2, 0) is 0 Å². The van der Waals surface area contributed by atoms with E-state index in [1.807, 2.05) is 39.0 Å². The summed E-state index contributed by atoms with van der Waals surface area (Å²) in [4.78, 5) is 23.0. The molecule has 0 saturated carbocycles. The second-order valence-corrected chi connectivity index (χ2v) is 7.46. The van der Waals surface area contributed by atoms with Gasteiger partial charge in [-0.1, -0.05) is 29.3 Å². The van der Waals surface area contributed by atoms with Crippen molar-refractivity contribution in [2.75, 3.05) is 0 Å². The summed E-state index contributed by atoms with van der Waals surface area (Å²) < 4.78 is 6.01. The second-order valence-electron chi connectivity index (χ2n) is 7.05. The SMILES string of the molecule is Cc1ccc2c(c1)[C@@H](NC(=O)c1ccc([N+](=O)[O-])cc1Cl)CC(C)(C)O2. The van der Waals surface area contributed by atoms with Crippen molar-refractivity contribution in [3.63, 3.8) is 0 Å². The lowest BCUT2D eigenvalue weighted by Gasteiger charge is -2.38. The van der Waals surface area contributed by atoms with Crippen LogP contribution in [0.15, 0.2) is 36.4 Å². The number of hydrogen-bond acceptors (Lipinski definition) is 4. The van der Waals surface area contributed by atoms with Gasteiger partial charge in [-0.2, -0.15) is 0 Å². The third-order valence-corrected chi connectivity index (χ3v) is 4.65. The van der Waals surface area contributed by atoms with E-state index in [0.29, 0.717) is 6.42 Å². The number of nitro groups is 1. The number of nitro benzene ring substituents is 1. The Morgan fingerprint density at radius 3 is 2.69 bits per heavy atom. The molecule has 0 bridgehead atoms. The van der Waals surface area contributed by atoms with Crippen LogP contribution in [0.5, 0.6) is 5.75 Å². The number of nitrogens with one attached hydrogen (secondary N) is 1. The van der Waals surface area contributed by atoms with Crippen molar-refractivity contribution in [1.29, 1.82) is 0 Å². The quantitative estimate of drug-likeness (QED) is 0.629. The highest BCUT2D eigenvalue weighted by molar-refractivity contribution is 6.34. The van der Waals surface area contributed by atoms with E-state index in [9.17, 15) is 14.9 Å². The van der Waals surface area contributed by atoms with Crippen LogP contribution in [0, 0.1) is 17.0 Å². The molecule has 0 saturated heterocycles. The first-order valence-corrected chi connectivity index (χ1v) is 8.58. The molecular formula is C19H19ClN2O4. The van der Waals surface area contributed by atoms with Gasteiger partial charge in [-0.3, -0.25) is 14.9 Å². The van der Waals surface area contributed by atoms with Gasteiger partial charge in [-0.05, 0) is 32.9 Å². The van der Waals surface area contributed by atoms with Crippen LogP contribution >= 0.6 is 11.6 Å². The molecular weight excluding hydrogens is 356 g/mol. The Morgan fingerprint density at radius 1 is 1.31 bits per heavy atom. The summed E-state index contributed by atoms with van der Waals surface area (Å²) in [7, 11) is 0. The van der Waals surface area contributed by atoms with Crippen LogP contribution in [0.25, 0.3) is 0 Å². The molecule has 0 fully saturated rings. The summed E-state index contributed by atoms with van der Waals surface area (Å²) in [6.45, 7) is 5.91. The van der Waals surface area contributed by atoms with Crippen LogP contribution in [-0.4, -0.2) is 16.4 Å². The van der Waals surface area contributed by atoms with Crippen molar-refractivity contribution in [2.45, 2.75) is 38.8 Å². The zero-order valence-electron chi connectivity index (χ0n) is 14.7. The summed E-state index contributed by atoms with van der Waals surface area (Å²) >= 11 is 6.08. The maximum absolute atomic E-state index is 12.7. The maximum atomic E-state index is 12.7. The van der Waals surface area contributed by atoms with Crippen molar-refractivity contribution in [2.24, 2.45) is 0 Å². The number of hydrogen-bond donors (Lipinski definition) is 1. The first kappa shape index (κ1) is 18.2. The number of amides is 1. The van der Waals surface area contributed by atoms with Crippen LogP contribution in [0.1, 0.15) is 47.8 Å². The molecule has 1 N–H and O–H groups in total. The van der Waals surface area contributed by atoms with E-state index in [1.165, 1.54) is 18.2 Å². The van der Waals surface area contributed by atoms with Gasteiger partial charge in [0.15, 0.2) is 0 Å². The van der Waals surface area contributed by atoms with E-state index in [-0.39, 0.29) is 28.2 Å². The molecule has 0 aliphatic carbocycles. The Morgan fingerprint density at radius 2 is 2.04 bits per heavy atom. The summed E-state index contributed by atoms with van der Waals surface area (Å²) in [5.41, 5.74) is 1.60. The zero-order chi connectivity index (χ0) is 19.1. The predicted molar refractivity (Wildman–Crippen MR) is 98.8 cm³/mol. The number of aryl methyl sites for hydroxylation is 1. The molecule has 0 aromatic heterocycles. The summed E-state index contributed by atoms with van der Waals surface area (Å²) in [6, 6.07) is 9.45. The molecule has 1 atom stereocenters. The van der Waals surface area contributed by atoms with Gasteiger partial charge in [-0.15, -0.1) is 0 Å². The van der Waals surface area contributed by atoms with Crippen molar-refractivity contribution < 1.29 is 14.5 Å². The lowest BCUT2D eigenvalue weighted by Crippen LogP contribution is -2.41. The van der Waals surface area contributed by atoms with E-state index < -0.39 is 10.5 Å². The van der Waals surface area contributed by atoms with Crippen LogP contribution in [0.3, 0.4) is 0 Å². The molecule has 2 aromatic carbocycles. The molecule has 1 amide bonds. The number of halogens is 1. The minimum absolute atomic E-state index is 0.0486. The number of nitrogens with zero attached hydrogens (tertiary/aromatic N) is 1. The molecule has 1 aliphatic heterocycles. The summed E-state index contributed by atoms with van der Waals surface area (Å²) in [5, 5.41) is 13.9. The lowest BCUT2D eigenvalue weighted by molar-refractivity contribution is -0.384. The predicted octanol–water partition coefficient (Wildman–Crippen LogP) is 4.59. The first-order valence-electron chi connectivity index (χ1n) is 8.21. The number of non-ortho nitro benzene ring substituents is 1.